The Labute approximate surface area is 239 Å². The van der Waals surface area contributed by atoms with Crippen LogP contribution in [0.5, 0.6) is 0 Å². The molecule has 8 aromatic rings. The molecule has 0 saturated carbocycles. The van der Waals surface area contributed by atoms with Gasteiger partial charge in [0.05, 0.1) is 12.3 Å². The third kappa shape index (κ3) is 3.41. The molecule has 0 N–H and O–H groups in total. The minimum Gasteiger partial charge on any atom is -0.456 e. The number of benzene rings is 7. The lowest BCUT2D eigenvalue weighted by Gasteiger charge is -2.18. The Balaban J connectivity index is 1.55. The van der Waals surface area contributed by atoms with Gasteiger partial charge in [0, 0.05) is 10.8 Å². The Morgan fingerprint density at radius 3 is 1.92 bits per heavy atom. The first kappa shape index (κ1) is 14.7. The van der Waals surface area contributed by atoms with E-state index in [1.54, 1.807) is 18.2 Å². The maximum Gasteiger partial charge on any atom is 0.136 e. The molecule has 0 fully saturated rings. The zero-order valence-corrected chi connectivity index (χ0v) is 20.6. The summed E-state index contributed by atoms with van der Waals surface area (Å²) in [6, 6.07) is 25.2. The highest BCUT2D eigenvalue weighted by molar-refractivity contribution is 6.25. The first-order valence-corrected chi connectivity index (χ1v) is 12.6. The first-order valence-electron chi connectivity index (χ1n) is 17.1. The highest BCUT2D eigenvalue weighted by Gasteiger charge is 2.20. The van der Waals surface area contributed by atoms with E-state index < -0.39 is 18.1 Å². The van der Waals surface area contributed by atoms with Crippen LogP contribution in [0.1, 0.15) is 12.3 Å². The molecule has 0 radical (unpaired) electrons. The second-order valence-electron chi connectivity index (χ2n) is 9.40. The molecular weight excluding hydrogens is 472 g/mol. The van der Waals surface area contributed by atoms with Gasteiger partial charge in [0.25, 0.3) is 0 Å². The second kappa shape index (κ2) is 8.72. The van der Waals surface area contributed by atoms with E-state index in [0.29, 0.717) is 55.0 Å². The van der Waals surface area contributed by atoms with Gasteiger partial charge in [-0.25, -0.2) is 0 Å². The standard InChI is InChI=1S/C38H24O/c1-3-12-25(13-4-1)27-22-23-34-33(24-27)38-32(20-11-21-35(38)39-34)37-30-18-9-7-16-28(30)36(26-14-5-2-6-15-26)29-17-8-10-19-31(29)37/h1-24H/i1D,3D,4D,7D,9D,12D,13D,16D,18D. The fraction of sp³-hybridized carbons (Fsp3) is 0. The van der Waals surface area contributed by atoms with Gasteiger partial charge in [0.15, 0.2) is 0 Å². The van der Waals surface area contributed by atoms with Crippen LogP contribution in [-0.4, -0.2) is 0 Å². The fourth-order valence-electron chi connectivity index (χ4n) is 5.65. The van der Waals surface area contributed by atoms with Gasteiger partial charge in [-0.1, -0.05) is 127 Å². The van der Waals surface area contributed by atoms with Crippen LogP contribution in [0, 0.1) is 0 Å². The van der Waals surface area contributed by atoms with Crippen molar-refractivity contribution in [2.24, 2.45) is 0 Å². The Morgan fingerprint density at radius 2 is 1.13 bits per heavy atom. The molecule has 182 valence electrons. The van der Waals surface area contributed by atoms with Crippen LogP contribution in [-0.2, 0) is 0 Å². The predicted molar refractivity (Wildman–Crippen MR) is 165 cm³/mol. The summed E-state index contributed by atoms with van der Waals surface area (Å²) in [7, 11) is 0. The van der Waals surface area contributed by atoms with E-state index in [1.165, 1.54) is 0 Å². The van der Waals surface area contributed by atoms with E-state index in [2.05, 4.69) is 0 Å². The van der Waals surface area contributed by atoms with Crippen molar-refractivity contribution >= 4 is 43.5 Å². The SMILES string of the molecule is [2H]c1c([2H])c([2H])c(-c2ccc3oc4cccc(-c5c6ccccc6c(-c6ccccc6)c6c([2H])c([2H])c([2H])c([2H])c56)c4c3c2)c([2H])c1[2H]. The van der Waals surface area contributed by atoms with Crippen LogP contribution in [0.25, 0.3) is 76.9 Å². The van der Waals surface area contributed by atoms with Gasteiger partial charge in [-0.15, -0.1) is 0 Å². The molecule has 0 saturated heterocycles. The second-order valence-corrected chi connectivity index (χ2v) is 9.40. The summed E-state index contributed by atoms with van der Waals surface area (Å²) in [5, 5.41) is 3.70. The topological polar surface area (TPSA) is 13.1 Å². The minimum absolute atomic E-state index is 0.0759. The molecule has 0 aliphatic heterocycles. The van der Waals surface area contributed by atoms with Crippen LogP contribution in [0.4, 0.5) is 0 Å². The van der Waals surface area contributed by atoms with Gasteiger partial charge < -0.3 is 4.42 Å². The largest absolute Gasteiger partial charge is 0.456 e. The van der Waals surface area contributed by atoms with Gasteiger partial charge >= 0.3 is 0 Å². The molecule has 8 rings (SSSR count). The maximum absolute atomic E-state index is 9.23. The average Bonchev–Trinajstić information content (AvgIpc) is 3.49. The molecule has 0 unspecified atom stereocenters. The van der Waals surface area contributed by atoms with E-state index in [1.807, 2.05) is 72.8 Å². The maximum atomic E-state index is 9.23. The molecule has 1 nitrogen and oxygen atoms in total. The number of furan rings is 1. The molecule has 0 spiro atoms. The Morgan fingerprint density at radius 1 is 0.436 bits per heavy atom. The van der Waals surface area contributed by atoms with Crippen molar-refractivity contribution in [2.75, 3.05) is 0 Å². The van der Waals surface area contributed by atoms with Crippen LogP contribution in [0.2, 0.25) is 0 Å². The smallest absolute Gasteiger partial charge is 0.136 e. The predicted octanol–water partition coefficient (Wildman–Crippen LogP) is 10.9. The summed E-state index contributed by atoms with van der Waals surface area (Å²) < 4.78 is 83.6. The third-order valence-corrected chi connectivity index (χ3v) is 7.27. The van der Waals surface area contributed by atoms with E-state index in [0.717, 1.165) is 16.3 Å². The molecule has 1 heteroatoms. The summed E-state index contributed by atoms with van der Waals surface area (Å²) in [4.78, 5) is 0. The number of hydrogen-bond acceptors (Lipinski definition) is 1. The number of rotatable bonds is 3. The van der Waals surface area contributed by atoms with Gasteiger partial charge in [-0.3, -0.25) is 0 Å². The van der Waals surface area contributed by atoms with E-state index in [9.17, 15) is 1.37 Å². The monoisotopic (exact) mass is 505 g/mol. The zero-order valence-electron chi connectivity index (χ0n) is 29.6. The number of hydrogen-bond donors (Lipinski definition) is 0. The number of fused-ring (bicyclic) bond motifs is 5. The summed E-state index contributed by atoms with van der Waals surface area (Å²) in [5.41, 5.74) is 4.38. The quantitative estimate of drug-likeness (QED) is 0.218. The van der Waals surface area contributed by atoms with Crippen molar-refractivity contribution < 1.29 is 16.8 Å². The highest BCUT2D eigenvalue weighted by atomic mass is 16.3. The van der Waals surface area contributed by atoms with Crippen molar-refractivity contribution in [1.82, 2.24) is 0 Å². The van der Waals surface area contributed by atoms with E-state index >= 15 is 0 Å². The normalized spacial score (nSPS) is 14.8. The third-order valence-electron chi connectivity index (χ3n) is 7.27. The van der Waals surface area contributed by atoms with Crippen LogP contribution < -0.4 is 0 Å². The molecule has 39 heavy (non-hydrogen) atoms. The summed E-state index contributed by atoms with van der Waals surface area (Å²) in [6.45, 7) is 0. The molecule has 0 aliphatic carbocycles. The molecule has 0 aliphatic rings. The van der Waals surface area contributed by atoms with Crippen LogP contribution in [0.3, 0.4) is 0 Å². The first-order chi connectivity index (χ1) is 23.1. The molecule has 1 heterocycles. The summed E-state index contributed by atoms with van der Waals surface area (Å²) in [6.07, 6.45) is 0. The van der Waals surface area contributed by atoms with Crippen molar-refractivity contribution in [3.05, 3.63) is 145 Å². The zero-order chi connectivity index (χ0) is 33.6. The van der Waals surface area contributed by atoms with E-state index in [-0.39, 0.29) is 41.8 Å². The van der Waals surface area contributed by atoms with Gasteiger partial charge in [0.1, 0.15) is 11.2 Å². The van der Waals surface area contributed by atoms with Gasteiger partial charge in [-0.05, 0) is 73.1 Å². The Kier molecular flexibility index (Phi) is 3.29. The fourth-order valence-corrected chi connectivity index (χ4v) is 5.65. The minimum atomic E-state index is -0.465. The van der Waals surface area contributed by atoms with Crippen molar-refractivity contribution in [1.29, 1.82) is 0 Å². The average molecular weight is 506 g/mol. The lowest BCUT2D eigenvalue weighted by molar-refractivity contribution is 0.669. The molecule has 1 aromatic heterocycles. The van der Waals surface area contributed by atoms with Crippen LogP contribution >= 0.6 is 0 Å². The van der Waals surface area contributed by atoms with Crippen molar-refractivity contribution in [2.45, 2.75) is 0 Å². The van der Waals surface area contributed by atoms with E-state index in [4.69, 9.17) is 15.4 Å². The summed E-state index contributed by atoms with van der Waals surface area (Å²) in [5.74, 6) is 0. The lowest BCUT2D eigenvalue weighted by Crippen LogP contribution is -1.91. The van der Waals surface area contributed by atoms with Crippen molar-refractivity contribution in [3.63, 3.8) is 0 Å². The lowest BCUT2D eigenvalue weighted by atomic mass is 9.85. The molecular formula is C38H24O. The molecule has 7 aromatic carbocycles. The Hall–Kier alpha value is -5.14. The summed E-state index contributed by atoms with van der Waals surface area (Å²) >= 11 is 0. The Bertz CT molecular complexity index is 2630. The van der Waals surface area contributed by atoms with Gasteiger partial charge in [0.2, 0.25) is 0 Å². The molecule has 0 bridgehead atoms. The molecule has 0 atom stereocenters. The molecule has 0 amide bonds. The van der Waals surface area contributed by atoms with Crippen LogP contribution in [0.15, 0.2) is 150 Å². The van der Waals surface area contributed by atoms with Crippen molar-refractivity contribution in [3.8, 4) is 33.4 Å². The van der Waals surface area contributed by atoms with Gasteiger partial charge in [-0.2, -0.15) is 0 Å². The highest BCUT2D eigenvalue weighted by Crippen LogP contribution is 2.47.